The zero-order valence-electron chi connectivity index (χ0n) is 14.9. The maximum absolute atomic E-state index is 12.8. The number of imidazole rings is 1. The lowest BCUT2D eigenvalue weighted by atomic mass is 10.2. The van der Waals surface area contributed by atoms with E-state index in [1.54, 1.807) is 12.5 Å². The zero-order valence-corrected chi connectivity index (χ0v) is 15.7. The van der Waals surface area contributed by atoms with Crippen LogP contribution in [0.25, 0.3) is 22.9 Å². The Bertz CT molecular complexity index is 1050. The first-order valence-electron chi connectivity index (χ1n) is 8.98. The van der Waals surface area contributed by atoms with Crippen molar-refractivity contribution >= 4 is 23.4 Å². The maximum Gasteiger partial charge on any atom is 0.237 e. The summed E-state index contributed by atoms with van der Waals surface area (Å²) >= 11 is 1.38. The molecule has 0 unspecified atom stereocenters. The number of H-pyrrole nitrogens is 1. The summed E-state index contributed by atoms with van der Waals surface area (Å²) in [5, 5.41) is 0.652. The van der Waals surface area contributed by atoms with Crippen molar-refractivity contribution in [1.82, 2.24) is 9.97 Å². The molecule has 0 bridgehead atoms. The second-order valence-electron chi connectivity index (χ2n) is 6.43. The van der Waals surface area contributed by atoms with E-state index in [0.717, 1.165) is 24.3 Å². The molecule has 3 aromatic heterocycles. The van der Waals surface area contributed by atoms with Crippen LogP contribution in [0.15, 0.2) is 75.0 Å². The molecule has 4 aromatic rings. The third kappa shape index (κ3) is 3.03. The van der Waals surface area contributed by atoms with Gasteiger partial charge < -0.3 is 18.7 Å². The zero-order chi connectivity index (χ0) is 18.9. The van der Waals surface area contributed by atoms with Crippen molar-refractivity contribution in [3.05, 3.63) is 66.6 Å². The number of furan rings is 2. The normalized spacial score (nSPS) is 13.1. The SMILES string of the molecule is O=C(CSc1nc(-c2ccco2)c(-c2ccco2)[nH]1)N1CCc2ccccc21. The summed E-state index contributed by atoms with van der Waals surface area (Å²) in [6, 6.07) is 15.4. The van der Waals surface area contributed by atoms with Gasteiger partial charge in [0, 0.05) is 12.2 Å². The smallest absolute Gasteiger partial charge is 0.237 e. The van der Waals surface area contributed by atoms with Crippen LogP contribution in [0.4, 0.5) is 5.69 Å². The van der Waals surface area contributed by atoms with Crippen molar-refractivity contribution in [3.8, 4) is 22.9 Å². The molecule has 1 aliphatic rings. The lowest BCUT2D eigenvalue weighted by Gasteiger charge is -2.16. The van der Waals surface area contributed by atoms with E-state index in [1.807, 2.05) is 47.4 Å². The van der Waals surface area contributed by atoms with Gasteiger partial charge >= 0.3 is 0 Å². The van der Waals surface area contributed by atoms with E-state index in [9.17, 15) is 4.79 Å². The first kappa shape index (κ1) is 16.9. The summed E-state index contributed by atoms with van der Waals surface area (Å²) in [6.45, 7) is 0.728. The Morgan fingerprint density at radius 3 is 2.64 bits per heavy atom. The van der Waals surface area contributed by atoms with Gasteiger partial charge in [-0.15, -0.1) is 0 Å². The summed E-state index contributed by atoms with van der Waals surface area (Å²) in [7, 11) is 0. The van der Waals surface area contributed by atoms with Gasteiger partial charge in [0.15, 0.2) is 16.7 Å². The Morgan fingerprint density at radius 2 is 1.86 bits per heavy atom. The van der Waals surface area contributed by atoms with E-state index in [0.29, 0.717) is 28.1 Å². The van der Waals surface area contributed by atoms with Gasteiger partial charge in [-0.1, -0.05) is 30.0 Å². The Kier molecular flexibility index (Phi) is 4.29. The fraction of sp³-hybridized carbons (Fsp3) is 0.143. The summed E-state index contributed by atoms with van der Waals surface area (Å²) in [5.74, 6) is 1.70. The van der Waals surface area contributed by atoms with Crippen LogP contribution in [0.5, 0.6) is 0 Å². The summed E-state index contributed by atoms with van der Waals surface area (Å²) in [4.78, 5) is 22.5. The third-order valence-electron chi connectivity index (χ3n) is 4.72. The van der Waals surface area contributed by atoms with Gasteiger partial charge in [0.1, 0.15) is 11.4 Å². The van der Waals surface area contributed by atoms with E-state index >= 15 is 0 Å². The first-order chi connectivity index (χ1) is 13.8. The van der Waals surface area contributed by atoms with Crippen LogP contribution in [0.2, 0.25) is 0 Å². The highest BCUT2D eigenvalue weighted by Crippen LogP contribution is 2.34. The summed E-state index contributed by atoms with van der Waals surface area (Å²) in [5.41, 5.74) is 3.64. The van der Waals surface area contributed by atoms with Crippen LogP contribution >= 0.6 is 11.8 Å². The van der Waals surface area contributed by atoms with Crippen LogP contribution in [0, 0.1) is 0 Å². The average molecular weight is 391 g/mol. The number of thioether (sulfide) groups is 1. The average Bonchev–Trinajstić information content (AvgIpc) is 3.51. The number of carbonyl (C=O) groups is 1. The summed E-state index contributed by atoms with van der Waals surface area (Å²) < 4.78 is 11.0. The second kappa shape index (κ2) is 7.09. The number of amides is 1. The highest BCUT2D eigenvalue weighted by molar-refractivity contribution is 7.99. The van der Waals surface area contributed by atoms with Crippen LogP contribution in [0.1, 0.15) is 5.56 Å². The molecule has 0 aliphatic carbocycles. The molecule has 28 heavy (non-hydrogen) atoms. The van der Waals surface area contributed by atoms with Crippen molar-refractivity contribution in [3.63, 3.8) is 0 Å². The van der Waals surface area contributed by atoms with Gasteiger partial charge in [-0.25, -0.2) is 4.98 Å². The van der Waals surface area contributed by atoms with Gasteiger partial charge in [-0.3, -0.25) is 4.79 Å². The van der Waals surface area contributed by atoms with E-state index in [-0.39, 0.29) is 5.91 Å². The van der Waals surface area contributed by atoms with Crippen molar-refractivity contribution in [2.24, 2.45) is 0 Å². The lowest BCUT2D eigenvalue weighted by molar-refractivity contribution is -0.116. The van der Waals surface area contributed by atoms with E-state index in [1.165, 1.54) is 17.3 Å². The lowest BCUT2D eigenvalue weighted by Crippen LogP contribution is -2.30. The number of para-hydroxylation sites is 1. The fourth-order valence-electron chi connectivity index (χ4n) is 3.42. The number of aromatic amines is 1. The fourth-order valence-corrected chi connectivity index (χ4v) is 4.16. The molecule has 140 valence electrons. The topological polar surface area (TPSA) is 75.3 Å². The number of hydrogen-bond donors (Lipinski definition) is 1. The number of carbonyl (C=O) groups excluding carboxylic acids is 1. The molecule has 6 nitrogen and oxygen atoms in total. The number of nitrogens with one attached hydrogen (secondary N) is 1. The number of hydrogen-bond acceptors (Lipinski definition) is 5. The Hall–Kier alpha value is -3.19. The Labute approximate surface area is 165 Å². The van der Waals surface area contributed by atoms with Gasteiger partial charge in [-0.05, 0) is 42.3 Å². The molecule has 1 aromatic carbocycles. The minimum Gasteiger partial charge on any atom is -0.463 e. The van der Waals surface area contributed by atoms with Crippen LogP contribution in [0.3, 0.4) is 0 Å². The number of benzene rings is 1. The molecule has 1 aliphatic heterocycles. The number of nitrogens with zero attached hydrogens (tertiary/aromatic N) is 2. The highest BCUT2D eigenvalue weighted by atomic mass is 32.2. The number of aromatic nitrogens is 2. The number of rotatable bonds is 5. The molecule has 0 saturated heterocycles. The van der Waals surface area contributed by atoms with Crippen molar-refractivity contribution in [1.29, 1.82) is 0 Å². The third-order valence-corrected chi connectivity index (χ3v) is 5.58. The number of anilines is 1. The number of fused-ring (bicyclic) bond motifs is 1. The maximum atomic E-state index is 12.8. The molecular weight excluding hydrogens is 374 g/mol. The predicted molar refractivity (Wildman–Crippen MR) is 107 cm³/mol. The van der Waals surface area contributed by atoms with Gasteiger partial charge in [0.25, 0.3) is 0 Å². The van der Waals surface area contributed by atoms with E-state index < -0.39 is 0 Å². The predicted octanol–water partition coefficient (Wildman–Crippen LogP) is 4.61. The van der Waals surface area contributed by atoms with Crippen molar-refractivity contribution in [2.75, 3.05) is 17.2 Å². The minimum absolute atomic E-state index is 0.0745. The second-order valence-corrected chi connectivity index (χ2v) is 7.40. The van der Waals surface area contributed by atoms with E-state index in [4.69, 9.17) is 8.83 Å². The molecular formula is C21H17N3O3S. The monoisotopic (exact) mass is 391 g/mol. The standard InChI is InChI=1S/C21H17N3O3S/c25-18(24-10-9-14-5-1-2-6-15(14)24)13-28-21-22-19(16-7-3-11-26-16)20(23-21)17-8-4-12-27-17/h1-8,11-12H,9-10,13H2,(H,22,23). The molecule has 0 saturated carbocycles. The summed E-state index contributed by atoms with van der Waals surface area (Å²) in [6.07, 6.45) is 4.12. The van der Waals surface area contributed by atoms with Gasteiger partial charge in [-0.2, -0.15) is 0 Å². The van der Waals surface area contributed by atoms with Crippen molar-refractivity contribution < 1.29 is 13.6 Å². The molecule has 0 spiro atoms. The molecule has 5 rings (SSSR count). The van der Waals surface area contributed by atoms with Crippen LogP contribution < -0.4 is 4.90 Å². The minimum atomic E-state index is 0.0745. The quantitative estimate of drug-likeness (QED) is 0.503. The molecule has 0 atom stereocenters. The molecule has 0 fully saturated rings. The van der Waals surface area contributed by atoms with Crippen molar-refractivity contribution in [2.45, 2.75) is 11.6 Å². The van der Waals surface area contributed by atoms with Crippen LogP contribution in [-0.2, 0) is 11.2 Å². The first-order valence-corrected chi connectivity index (χ1v) is 9.97. The van der Waals surface area contributed by atoms with E-state index in [2.05, 4.69) is 16.0 Å². The van der Waals surface area contributed by atoms with Gasteiger partial charge in [0.2, 0.25) is 5.91 Å². The van der Waals surface area contributed by atoms with Crippen LogP contribution in [-0.4, -0.2) is 28.2 Å². The Balaban J connectivity index is 1.36. The molecule has 7 heteroatoms. The molecule has 1 N–H and O–H groups in total. The largest absolute Gasteiger partial charge is 0.463 e. The molecule has 0 radical (unpaired) electrons. The molecule has 1 amide bonds. The molecule has 4 heterocycles. The highest BCUT2D eigenvalue weighted by Gasteiger charge is 2.25. The Morgan fingerprint density at radius 1 is 1.07 bits per heavy atom. The van der Waals surface area contributed by atoms with Gasteiger partial charge in [0.05, 0.1) is 18.3 Å².